The van der Waals surface area contributed by atoms with Gasteiger partial charge in [0.05, 0.1) is 32.8 Å². The Morgan fingerprint density at radius 2 is 1.66 bits per heavy atom. The molecule has 2 rings (SSSR count). The fourth-order valence-electron chi connectivity index (χ4n) is 2.87. The van der Waals surface area contributed by atoms with E-state index >= 15 is 0 Å². The molecule has 5 N–H and O–H groups in total. The van der Waals surface area contributed by atoms with Gasteiger partial charge in [0.2, 0.25) is 11.8 Å². The lowest BCUT2D eigenvalue weighted by Gasteiger charge is -2.28. The number of carbonyl (C=O) groups excluding carboxylic acids is 2. The van der Waals surface area contributed by atoms with Crippen LogP contribution in [-0.2, 0) is 9.59 Å². The number of carbonyl (C=O) groups is 2. The Morgan fingerprint density at radius 3 is 2.28 bits per heavy atom. The van der Waals surface area contributed by atoms with Crippen molar-refractivity contribution >= 4 is 22.6 Å². The number of hydrogen-bond acceptors (Lipinski definition) is 6. The predicted molar refractivity (Wildman–Crippen MR) is 109 cm³/mol. The van der Waals surface area contributed by atoms with Crippen molar-refractivity contribution < 1.29 is 29.6 Å². The summed E-state index contributed by atoms with van der Waals surface area (Å²) in [5.41, 5.74) is -0.619. The normalized spacial score (nSPS) is 12.4. The Balaban J connectivity index is 1.92. The SMILES string of the molecule is COc1ccc2cc([C@H](C)C(=O)NCCC(=O)NC(CO)(CO)CO)ccc2c1. The summed E-state index contributed by atoms with van der Waals surface area (Å²) in [4.78, 5) is 24.4. The molecule has 8 heteroatoms. The first-order valence-corrected chi connectivity index (χ1v) is 9.37. The number of hydrogen-bond donors (Lipinski definition) is 5. The number of rotatable bonds is 10. The van der Waals surface area contributed by atoms with Crippen molar-refractivity contribution in [2.75, 3.05) is 33.5 Å². The molecule has 2 amide bonds. The molecule has 0 heterocycles. The summed E-state index contributed by atoms with van der Waals surface area (Å²) < 4.78 is 5.22. The highest BCUT2D eigenvalue weighted by atomic mass is 16.5. The highest BCUT2D eigenvalue weighted by Crippen LogP contribution is 2.25. The smallest absolute Gasteiger partial charge is 0.227 e. The van der Waals surface area contributed by atoms with Crippen molar-refractivity contribution in [3.05, 3.63) is 42.0 Å². The zero-order chi connectivity index (χ0) is 21.4. The van der Waals surface area contributed by atoms with Crippen LogP contribution < -0.4 is 15.4 Å². The van der Waals surface area contributed by atoms with Gasteiger partial charge in [0, 0.05) is 13.0 Å². The second-order valence-corrected chi connectivity index (χ2v) is 7.04. The first kappa shape index (κ1) is 22.6. The van der Waals surface area contributed by atoms with Crippen molar-refractivity contribution in [2.45, 2.75) is 24.8 Å². The van der Waals surface area contributed by atoms with Crippen LogP contribution in [0.2, 0.25) is 0 Å². The zero-order valence-corrected chi connectivity index (χ0v) is 16.6. The molecule has 0 aromatic heterocycles. The molecule has 0 saturated carbocycles. The molecule has 0 saturated heterocycles. The van der Waals surface area contributed by atoms with E-state index in [1.807, 2.05) is 36.4 Å². The molecular formula is C21H28N2O6. The Hall–Kier alpha value is -2.68. The van der Waals surface area contributed by atoms with E-state index in [9.17, 15) is 24.9 Å². The Labute approximate surface area is 169 Å². The van der Waals surface area contributed by atoms with E-state index in [1.165, 1.54) is 0 Å². The largest absolute Gasteiger partial charge is 0.497 e. The summed E-state index contributed by atoms with van der Waals surface area (Å²) in [6.45, 7) is 0.0987. The molecule has 0 aliphatic carbocycles. The molecule has 0 fully saturated rings. The Bertz CT molecular complexity index is 842. The number of aliphatic hydroxyl groups excluding tert-OH is 3. The van der Waals surface area contributed by atoms with Gasteiger partial charge in [-0.3, -0.25) is 9.59 Å². The first-order valence-electron chi connectivity index (χ1n) is 9.37. The average Bonchev–Trinajstić information content (AvgIpc) is 2.76. The van der Waals surface area contributed by atoms with Crippen molar-refractivity contribution in [2.24, 2.45) is 0 Å². The second-order valence-electron chi connectivity index (χ2n) is 7.04. The number of fused-ring (bicyclic) bond motifs is 1. The lowest BCUT2D eigenvalue weighted by Crippen LogP contribution is -2.57. The second kappa shape index (κ2) is 10.2. The highest BCUT2D eigenvalue weighted by Gasteiger charge is 2.29. The quantitative estimate of drug-likeness (QED) is 0.387. The van der Waals surface area contributed by atoms with Gasteiger partial charge >= 0.3 is 0 Å². The third-order valence-electron chi connectivity index (χ3n) is 4.93. The molecule has 2 aromatic carbocycles. The van der Waals surface area contributed by atoms with Crippen LogP contribution in [0.15, 0.2) is 36.4 Å². The first-order chi connectivity index (χ1) is 13.9. The molecule has 0 bridgehead atoms. The monoisotopic (exact) mass is 404 g/mol. The van der Waals surface area contributed by atoms with E-state index in [0.29, 0.717) is 0 Å². The maximum atomic E-state index is 12.4. The number of nitrogens with one attached hydrogen (secondary N) is 2. The van der Waals surface area contributed by atoms with Crippen LogP contribution in [-0.4, -0.2) is 66.1 Å². The molecule has 0 aliphatic rings. The summed E-state index contributed by atoms with van der Waals surface area (Å²) in [5, 5.41) is 34.8. The van der Waals surface area contributed by atoms with Crippen LogP contribution >= 0.6 is 0 Å². The number of amides is 2. The molecule has 0 radical (unpaired) electrons. The number of ether oxygens (including phenoxy) is 1. The van der Waals surface area contributed by atoms with Gasteiger partial charge in [-0.2, -0.15) is 0 Å². The molecule has 0 unspecified atom stereocenters. The molecular weight excluding hydrogens is 376 g/mol. The Morgan fingerprint density at radius 1 is 1.03 bits per heavy atom. The minimum absolute atomic E-state index is 0.0439. The Kier molecular flexibility index (Phi) is 7.95. The summed E-state index contributed by atoms with van der Waals surface area (Å²) in [5.74, 6) is -0.351. The van der Waals surface area contributed by atoms with Gasteiger partial charge in [-0.15, -0.1) is 0 Å². The summed E-state index contributed by atoms with van der Waals surface area (Å²) in [6, 6.07) is 11.5. The van der Waals surface area contributed by atoms with Gasteiger partial charge in [-0.1, -0.05) is 24.3 Å². The van der Waals surface area contributed by atoms with Crippen LogP contribution in [0.5, 0.6) is 5.75 Å². The minimum atomic E-state index is -1.47. The topological polar surface area (TPSA) is 128 Å². The average molecular weight is 404 g/mol. The standard InChI is InChI=1S/C21H28N2O6/c1-14(15-3-4-17-10-18(29-2)6-5-16(17)9-15)20(28)22-8-7-19(27)23-21(11-24,12-25)13-26/h3-6,9-10,14,24-26H,7-8,11-13H2,1-2H3,(H,22,28)(H,23,27)/t14-/m0/s1. The highest BCUT2D eigenvalue weighted by molar-refractivity contribution is 5.88. The van der Waals surface area contributed by atoms with E-state index in [2.05, 4.69) is 10.6 Å². The third kappa shape index (κ3) is 5.66. The molecule has 2 aromatic rings. The van der Waals surface area contributed by atoms with Gasteiger partial charge in [-0.05, 0) is 35.4 Å². The van der Waals surface area contributed by atoms with E-state index in [4.69, 9.17) is 4.74 Å². The van der Waals surface area contributed by atoms with E-state index in [-0.39, 0.29) is 18.9 Å². The van der Waals surface area contributed by atoms with Gasteiger partial charge in [0.25, 0.3) is 0 Å². The van der Waals surface area contributed by atoms with Crippen LogP contribution in [0.4, 0.5) is 0 Å². The lowest BCUT2D eigenvalue weighted by atomic mass is 9.97. The maximum Gasteiger partial charge on any atom is 0.227 e. The van der Waals surface area contributed by atoms with Crippen LogP contribution in [0.25, 0.3) is 10.8 Å². The number of methoxy groups -OCH3 is 1. The summed E-state index contributed by atoms with van der Waals surface area (Å²) >= 11 is 0. The molecule has 1 atom stereocenters. The molecule has 29 heavy (non-hydrogen) atoms. The van der Waals surface area contributed by atoms with Gasteiger partial charge in [0.15, 0.2) is 0 Å². The molecule has 0 aliphatic heterocycles. The van der Waals surface area contributed by atoms with Crippen molar-refractivity contribution in [3.63, 3.8) is 0 Å². The van der Waals surface area contributed by atoms with E-state index < -0.39 is 37.2 Å². The van der Waals surface area contributed by atoms with Gasteiger partial charge < -0.3 is 30.7 Å². The molecule has 8 nitrogen and oxygen atoms in total. The van der Waals surface area contributed by atoms with Crippen LogP contribution in [0, 0.1) is 0 Å². The van der Waals surface area contributed by atoms with Gasteiger partial charge in [0.1, 0.15) is 11.3 Å². The number of aliphatic hydroxyl groups is 3. The minimum Gasteiger partial charge on any atom is -0.497 e. The predicted octanol–water partition coefficient (Wildman–Crippen LogP) is 0.290. The zero-order valence-electron chi connectivity index (χ0n) is 16.6. The van der Waals surface area contributed by atoms with E-state index in [0.717, 1.165) is 22.1 Å². The number of benzene rings is 2. The summed E-state index contributed by atoms with van der Waals surface area (Å²) in [6.07, 6.45) is -0.0439. The molecule has 0 spiro atoms. The third-order valence-corrected chi connectivity index (χ3v) is 4.93. The van der Waals surface area contributed by atoms with Crippen molar-refractivity contribution in [1.29, 1.82) is 0 Å². The van der Waals surface area contributed by atoms with E-state index in [1.54, 1.807) is 14.0 Å². The van der Waals surface area contributed by atoms with Gasteiger partial charge in [-0.25, -0.2) is 0 Å². The van der Waals surface area contributed by atoms with Crippen LogP contribution in [0.1, 0.15) is 24.8 Å². The fraction of sp³-hybridized carbons (Fsp3) is 0.429. The summed E-state index contributed by atoms with van der Waals surface area (Å²) in [7, 11) is 1.61. The maximum absolute atomic E-state index is 12.4. The van der Waals surface area contributed by atoms with Crippen LogP contribution in [0.3, 0.4) is 0 Å². The lowest BCUT2D eigenvalue weighted by molar-refractivity contribution is -0.125. The molecule has 158 valence electrons. The van der Waals surface area contributed by atoms with Crippen molar-refractivity contribution in [3.8, 4) is 5.75 Å². The van der Waals surface area contributed by atoms with Crippen molar-refractivity contribution in [1.82, 2.24) is 10.6 Å². The fourth-order valence-corrected chi connectivity index (χ4v) is 2.87.